The van der Waals surface area contributed by atoms with Crippen molar-refractivity contribution >= 4 is 21.4 Å². The van der Waals surface area contributed by atoms with Crippen molar-refractivity contribution < 1.29 is 8.78 Å². The highest BCUT2D eigenvalue weighted by Crippen LogP contribution is 2.26. The number of rotatable bonds is 4. The molecule has 0 aliphatic heterocycles. The topological polar surface area (TPSA) is 12.0 Å². The van der Waals surface area contributed by atoms with Crippen LogP contribution in [0.15, 0.2) is 47.8 Å². The van der Waals surface area contributed by atoms with E-state index in [1.807, 2.05) is 19.1 Å². The first-order valence-electron chi connectivity index (χ1n) is 6.78. The summed E-state index contributed by atoms with van der Waals surface area (Å²) in [5, 5.41) is 6.74. The van der Waals surface area contributed by atoms with Crippen molar-refractivity contribution in [1.82, 2.24) is 5.32 Å². The molecule has 108 valence electrons. The van der Waals surface area contributed by atoms with Crippen molar-refractivity contribution in [2.75, 3.05) is 0 Å². The summed E-state index contributed by atoms with van der Waals surface area (Å²) in [6.07, 6.45) is 0. The molecule has 0 bridgehead atoms. The maximum Gasteiger partial charge on any atom is 0.159 e. The largest absolute Gasteiger partial charge is 0.306 e. The van der Waals surface area contributed by atoms with E-state index in [4.69, 9.17) is 0 Å². The Bertz CT molecular complexity index is 766. The number of thiophene rings is 1. The molecule has 1 nitrogen and oxygen atoms in total. The predicted molar refractivity (Wildman–Crippen MR) is 83.4 cm³/mol. The van der Waals surface area contributed by atoms with E-state index in [1.165, 1.54) is 27.8 Å². The van der Waals surface area contributed by atoms with E-state index in [1.54, 1.807) is 17.4 Å². The Labute approximate surface area is 126 Å². The van der Waals surface area contributed by atoms with E-state index in [0.29, 0.717) is 6.54 Å². The van der Waals surface area contributed by atoms with Gasteiger partial charge in [0, 0.05) is 17.3 Å². The molecule has 0 spiro atoms. The quantitative estimate of drug-likeness (QED) is 0.713. The zero-order chi connectivity index (χ0) is 14.8. The van der Waals surface area contributed by atoms with Gasteiger partial charge >= 0.3 is 0 Å². The molecule has 0 saturated heterocycles. The first-order valence-corrected chi connectivity index (χ1v) is 7.66. The fourth-order valence-corrected chi connectivity index (χ4v) is 3.30. The van der Waals surface area contributed by atoms with Crippen molar-refractivity contribution in [2.24, 2.45) is 0 Å². The highest BCUT2D eigenvalue weighted by molar-refractivity contribution is 7.17. The van der Waals surface area contributed by atoms with E-state index >= 15 is 0 Å². The van der Waals surface area contributed by atoms with E-state index in [-0.39, 0.29) is 6.04 Å². The van der Waals surface area contributed by atoms with Gasteiger partial charge in [-0.15, -0.1) is 11.3 Å². The van der Waals surface area contributed by atoms with Crippen LogP contribution in [-0.4, -0.2) is 0 Å². The van der Waals surface area contributed by atoms with Gasteiger partial charge in [-0.2, -0.15) is 0 Å². The Morgan fingerprint density at radius 1 is 1.10 bits per heavy atom. The van der Waals surface area contributed by atoms with Gasteiger partial charge in [-0.25, -0.2) is 8.78 Å². The van der Waals surface area contributed by atoms with Gasteiger partial charge in [-0.3, -0.25) is 0 Å². The molecule has 0 fully saturated rings. The van der Waals surface area contributed by atoms with Crippen LogP contribution in [0.4, 0.5) is 8.78 Å². The van der Waals surface area contributed by atoms with Crippen molar-refractivity contribution in [3.63, 3.8) is 0 Å². The van der Waals surface area contributed by atoms with Crippen LogP contribution in [0.2, 0.25) is 0 Å². The maximum absolute atomic E-state index is 13.3. The Morgan fingerprint density at radius 2 is 1.90 bits per heavy atom. The van der Waals surface area contributed by atoms with Gasteiger partial charge in [0.05, 0.1) is 0 Å². The minimum absolute atomic E-state index is 0.0428. The molecular formula is C17H15F2NS. The molecule has 0 amide bonds. The SMILES string of the molecule is CC(NCc1csc2ccccc12)c1ccc(F)c(F)c1. The number of fused-ring (bicyclic) bond motifs is 1. The second-order valence-corrected chi connectivity index (χ2v) is 5.94. The summed E-state index contributed by atoms with van der Waals surface area (Å²) in [6.45, 7) is 2.64. The van der Waals surface area contributed by atoms with Crippen LogP contribution < -0.4 is 5.32 Å². The van der Waals surface area contributed by atoms with Crippen LogP contribution in [0.25, 0.3) is 10.1 Å². The predicted octanol–water partition coefficient (Wildman–Crippen LogP) is 5.03. The Hall–Kier alpha value is -1.78. The van der Waals surface area contributed by atoms with Crippen molar-refractivity contribution in [2.45, 2.75) is 19.5 Å². The molecule has 3 aromatic rings. The lowest BCUT2D eigenvalue weighted by Crippen LogP contribution is -2.18. The second kappa shape index (κ2) is 5.92. The van der Waals surface area contributed by atoms with Gasteiger partial charge in [0.2, 0.25) is 0 Å². The molecular weight excluding hydrogens is 288 g/mol. The summed E-state index contributed by atoms with van der Waals surface area (Å²) in [7, 11) is 0. The molecule has 1 atom stereocenters. The van der Waals surface area contributed by atoms with Gasteiger partial charge in [0.25, 0.3) is 0 Å². The standard InChI is InChI=1S/C17H15F2NS/c1-11(12-6-7-15(18)16(19)8-12)20-9-13-10-21-17-5-3-2-4-14(13)17/h2-8,10-11,20H,9H2,1H3. The number of hydrogen-bond acceptors (Lipinski definition) is 2. The van der Waals surface area contributed by atoms with Crippen LogP contribution in [0.5, 0.6) is 0 Å². The molecule has 0 aliphatic rings. The monoisotopic (exact) mass is 303 g/mol. The van der Waals surface area contributed by atoms with E-state index in [2.05, 4.69) is 22.8 Å². The normalized spacial score (nSPS) is 12.7. The molecule has 0 radical (unpaired) electrons. The summed E-state index contributed by atoms with van der Waals surface area (Å²) < 4.78 is 27.5. The minimum Gasteiger partial charge on any atom is -0.306 e. The zero-order valence-corrected chi connectivity index (χ0v) is 12.4. The molecule has 1 N–H and O–H groups in total. The average molecular weight is 303 g/mol. The summed E-state index contributed by atoms with van der Waals surface area (Å²) in [5.74, 6) is -1.61. The molecule has 21 heavy (non-hydrogen) atoms. The van der Waals surface area contributed by atoms with E-state index in [0.717, 1.165) is 5.56 Å². The summed E-state index contributed by atoms with van der Waals surface area (Å²) >= 11 is 1.72. The Kier molecular flexibility index (Phi) is 3.99. The number of nitrogens with one attached hydrogen (secondary N) is 1. The summed E-state index contributed by atoms with van der Waals surface area (Å²) in [4.78, 5) is 0. The molecule has 1 aromatic heterocycles. The Morgan fingerprint density at radius 3 is 2.71 bits per heavy atom. The summed E-state index contributed by atoms with van der Waals surface area (Å²) in [6, 6.07) is 12.2. The van der Waals surface area contributed by atoms with Crippen molar-refractivity contribution in [3.05, 3.63) is 70.6 Å². The van der Waals surface area contributed by atoms with Crippen LogP contribution in [0, 0.1) is 11.6 Å². The summed E-state index contributed by atoms with van der Waals surface area (Å²) in [5.41, 5.74) is 1.97. The molecule has 1 heterocycles. The van der Waals surface area contributed by atoms with Gasteiger partial charge in [-0.1, -0.05) is 24.3 Å². The maximum atomic E-state index is 13.3. The lowest BCUT2D eigenvalue weighted by atomic mass is 10.1. The second-order valence-electron chi connectivity index (χ2n) is 5.03. The fourth-order valence-electron chi connectivity index (χ4n) is 2.33. The van der Waals surface area contributed by atoms with Gasteiger partial charge in [0.1, 0.15) is 0 Å². The Balaban J connectivity index is 1.73. The lowest BCUT2D eigenvalue weighted by molar-refractivity contribution is 0.501. The first kappa shape index (κ1) is 14.2. The third-order valence-electron chi connectivity index (χ3n) is 3.60. The average Bonchev–Trinajstić information content (AvgIpc) is 2.91. The van der Waals surface area contributed by atoms with Crippen molar-refractivity contribution in [1.29, 1.82) is 0 Å². The molecule has 0 aliphatic carbocycles. The van der Waals surface area contributed by atoms with Crippen LogP contribution in [0.3, 0.4) is 0 Å². The van der Waals surface area contributed by atoms with Crippen LogP contribution in [0.1, 0.15) is 24.1 Å². The third-order valence-corrected chi connectivity index (χ3v) is 4.62. The smallest absolute Gasteiger partial charge is 0.159 e. The van der Waals surface area contributed by atoms with Gasteiger partial charge < -0.3 is 5.32 Å². The zero-order valence-electron chi connectivity index (χ0n) is 11.6. The first-order chi connectivity index (χ1) is 10.1. The molecule has 3 rings (SSSR count). The molecule has 4 heteroatoms. The number of benzene rings is 2. The number of hydrogen-bond donors (Lipinski definition) is 1. The van der Waals surface area contributed by atoms with Gasteiger partial charge in [-0.05, 0) is 47.0 Å². The minimum atomic E-state index is -0.810. The third kappa shape index (κ3) is 2.96. The number of halogens is 2. The molecule has 2 aromatic carbocycles. The fraction of sp³-hybridized carbons (Fsp3) is 0.176. The van der Waals surface area contributed by atoms with Gasteiger partial charge in [0.15, 0.2) is 11.6 Å². The van der Waals surface area contributed by atoms with Crippen molar-refractivity contribution in [3.8, 4) is 0 Å². The molecule has 0 saturated carbocycles. The van der Waals surface area contributed by atoms with E-state index in [9.17, 15) is 8.78 Å². The van der Waals surface area contributed by atoms with Crippen LogP contribution in [-0.2, 0) is 6.54 Å². The highest BCUT2D eigenvalue weighted by atomic mass is 32.1. The lowest BCUT2D eigenvalue weighted by Gasteiger charge is -2.14. The van der Waals surface area contributed by atoms with E-state index < -0.39 is 11.6 Å². The van der Waals surface area contributed by atoms with Crippen LogP contribution >= 0.6 is 11.3 Å². The highest BCUT2D eigenvalue weighted by Gasteiger charge is 2.10. The molecule has 1 unspecified atom stereocenters.